The highest BCUT2D eigenvalue weighted by Crippen LogP contribution is 2.28. The Morgan fingerprint density at radius 1 is 1.39 bits per heavy atom. The van der Waals surface area contributed by atoms with Crippen LogP contribution in [0, 0.1) is 17.2 Å². The number of esters is 1. The molecular weight excluding hydrogens is 292 g/mol. The van der Waals surface area contributed by atoms with Crippen LogP contribution in [0.2, 0.25) is 0 Å². The molecule has 5 nitrogen and oxygen atoms in total. The van der Waals surface area contributed by atoms with Gasteiger partial charge in [-0.15, -0.1) is 0 Å². The number of ether oxygens (including phenoxy) is 1. The van der Waals surface area contributed by atoms with Gasteiger partial charge in [0.2, 0.25) is 0 Å². The summed E-state index contributed by atoms with van der Waals surface area (Å²) in [7, 11) is 0. The normalized spacial score (nSPS) is 15.7. The third-order valence-corrected chi connectivity index (χ3v) is 4.17. The van der Waals surface area contributed by atoms with Gasteiger partial charge in [0.05, 0.1) is 11.6 Å². The monoisotopic (exact) mass is 314 g/mol. The van der Waals surface area contributed by atoms with Gasteiger partial charge in [-0.05, 0) is 37.5 Å². The zero-order valence-electron chi connectivity index (χ0n) is 13.4. The summed E-state index contributed by atoms with van der Waals surface area (Å²) in [5.74, 6) is -0.0972. The van der Waals surface area contributed by atoms with E-state index in [-0.39, 0.29) is 5.97 Å². The number of nitrogens with one attached hydrogen (secondary N) is 1. The van der Waals surface area contributed by atoms with Crippen molar-refractivity contribution in [2.24, 2.45) is 5.92 Å². The lowest BCUT2D eigenvalue weighted by Crippen LogP contribution is -2.30. The summed E-state index contributed by atoms with van der Waals surface area (Å²) >= 11 is 0. The molecule has 1 aromatic carbocycles. The molecule has 0 unspecified atom stereocenters. The average Bonchev–Trinajstić information content (AvgIpc) is 3.06. The van der Waals surface area contributed by atoms with Crippen LogP contribution in [0.1, 0.15) is 51.0 Å². The van der Waals surface area contributed by atoms with Crippen molar-refractivity contribution in [1.82, 2.24) is 0 Å². The summed E-state index contributed by atoms with van der Waals surface area (Å²) in [6.45, 7) is 1.55. The lowest BCUT2D eigenvalue weighted by atomic mass is 10.0. The summed E-state index contributed by atoms with van der Waals surface area (Å²) in [4.78, 5) is 23.9. The molecular formula is C18H22N2O3. The number of rotatable bonds is 6. The van der Waals surface area contributed by atoms with Crippen molar-refractivity contribution in [2.45, 2.75) is 51.6 Å². The quantitative estimate of drug-likeness (QED) is 0.816. The first-order valence-corrected chi connectivity index (χ1v) is 8.09. The molecule has 0 aromatic heterocycles. The molecule has 1 fully saturated rings. The van der Waals surface area contributed by atoms with E-state index in [0.29, 0.717) is 23.6 Å². The number of benzene rings is 1. The number of hydrogen-bond acceptors (Lipinski definition) is 4. The molecule has 1 saturated carbocycles. The molecule has 1 aromatic rings. The molecule has 0 radical (unpaired) electrons. The van der Waals surface area contributed by atoms with Gasteiger partial charge in [-0.3, -0.25) is 9.59 Å². The summed E-state index contributed by atoms with van der Waals surface area (Å²) in [6, 6.07) is 8.61. The predicted molar refractivity (Wildman–Crippen MR) is 86.5 cm³/mol. The van der Waals surface area contributed by atoms with E-state index in [2.05, 4.69) is 5.32 Å². The van der Waals surface area contributed by atoms with Gasteiger partial charge >= 0.3 is 5.97 Å². The maximum absolute atomic E-state index is 12.0. The zero-order valence-corrected chi connectivity index (χ0v) is 13.4. The van der Waals surface area contributed by atoms with Crippen LogP contribution in [-0.2, 0) is 14.3 Å². The number of carbonyl (C=O) groups is 2. The van der Waals surface area contributed by atoms with E-state index in [1.54, 1.807) is 31.2 Å². The number of carbonyl (C=O) groups excluding carboxylic acids is 2. The molecule has 0 aliphatic heterocycles. The number of hydrogen-bond donors (Lipinski definition) is 1. The molecule has 1 atom stereocenters. The SMILES string of the molecule is C[C@@H](OC(=O)CCC1CCCC1)C(=O)Nc1cccc(C#N)c1. The minimum Gasteiger partial charge on any atom is -0.453 e. The van der Waals surface area contributed by atoms with Gasteiger partial charge in [-0.25, -0.2) is 0 Å². The van der Waals surface area contributed by atoms with Gasteiger partial charge in [0.15, 0.2) is 6.10 Å². The van der Waals surface area contributed by atoms with Crippen LogP contribution in [0.25, 0.3) is 0 Å². The highest BCUT2D eigenvalue weighted by atomic mass is 16.5. The largest absolute Gasteiger partial charge is 0.453 e. The summed E-state index contributed by atoms with van der Waals surface area (Å²) in [5.41, 5.74) is 0.979. The fourth-order valence-corrected chi connectivity index (χ4v) is 2.84. The maximum atomic E-state index is 12.0. The van der Waals surface area contributed by atoms with Gasteiger partial charge in [-0.1, -0.05) is 31.7 Å². The summed E-state index contributed by atoms with van der Waals surface area (Å²) in [5, 5.41) is 11.5. The van der Waals surface area contributed by atoms with E-state index in [4.69, 9.17) is 10.00 Å². The number of amides is 1. The number of anilines is 1. The van der Waals surface area contributed by atoms with Gasteiger partial charge in [0, 0.05) is 12.1 Å². The lowest BCUT2D eigenvalue weighted by molar-refractivity contribution is -0.153. The second kappa shape index (κ2) is 8.33. The van der Waals surface area contributed by atoms with Crippen LogP contribution in [0.5, 0.6) is 0 Å². The fourth-order valence-electron chi connectivity index (χ4n) is 2.84. The number of nitrogens with zero attached hydrogens (tertiary/aromatic N) is 1. The molecule has 1 N–H and O–H groups in total. The predicted octanol–water partition coefficient (Wildman–Crippen LogP) is 3.40. The average molecular weight is 314 g/mol. The van der Waals surface area contributed by atoms with Crippen LogP contribution < -0.4 is 5.32 Å². The molecule has 1 aliphatic rings. The topological polar surface area (TPSA) is 79.2 Å². The molecule has 122 valence electrons. The second-order valence-corrected chi connectivity index (χ2v) is 6.00. The number of nitriles is 1. The minimum absolute atomic E-state index is 0.328. The van der Waals surface area contributed by atoms with Crippen LogP contribution in [-0.4, -0.2) is 18.0 Å². The summed E-state index contributed by atoms with van der Waals surface area (Å²) in [6.07, 6.45) is 5.25. The highest BCUT2D eigenvalue weighted by molar-refractivity contribution is 5.95. The Morgan fingerprint density at radius 2 is 2.13 bits per heavy atom. The van der Waals surface area contributed by atoms with Gasteiger partial charge in [0.1, 0.15) is 0 Å². The van der Waals surface area contributed by atoms with E-state index in [9.17, 15) is 9.59 Å². The molecule has 2 rings (SSSR count). The van der Waals surface area contributed by atoms with E-state index < -0.39 is 12.0 Å². The lowest BCUT2D eigenvalue weighted by Gasteiger charge is -2.14. The first-order valence-electron chi connectivity index (χ1n) is 8.09. The van der Waals surface area contributed by atoms with Crippen LogP contribution in [0.15, 0.2) is 24.3 Å². The first kappa shape index (κ1) is 17.0. The molecule has 5 heteroatoms. The van der Waals surface area contributed by atoms with Crippen molar-refractivity contribution in [3.05, 3.63) is 29.8 Å². The maximum Gasteiger partial charge on any atom is 0.306 e. The first-order chi connectivity index (χ1) is 11.1. The van der Waals surface area contributed by atoms with Crippen LogP contribution >= 0.6 is 0 Å². The van der Waals surface area contributed by atoms with Gasteiger partial charge in [-0.2, -0.15) is 5.26 Å². The Labute approximate surface area is 136 Å². The van der Waals surface area contributed by atoms with E-state index in [1.807, 2.05) is 6.07 Å². The van der Waals surface area contributed by atoms with Crippen LogP contribution in [0.4, 0.5) is 5.69 Å². The van der Waals surface area contributed by atoms with E-state index in [0.717, 1.165) is 6.42 Å². The molecule has 1 amide bonds. The third kappa shape index (κ3) is 5.41. The minimum atomic E-state index is -0.850. The Balaban J connectivity index is 1.77. The summed E-state index contributed by atoms with van der Waals surface area (Å²) < 4.78 is 5.18. The van der Waals surface area contributed by atoms with E-state index >= 15 is 0 Å². The zero-order chi connectivity index (χ0) is 16.7. The van der Waals surface area contributed by atoms with E-state index in [1.165, 1.54) is 25.7 Å². The Morgan fingerprint density at radius 3 is 2.83 bits per heavy atom. The van der Waals surface area contributed by atoms with Crippen molar-refractivity contribution >= 4 is 17.6 Å². The third-order valence-electron chi connectivity index (χ3n) is 4.17. The molecule has 23 heavy (non-hydrogen) atoms. The van der Waals surface area contributed by atoms with Crippen molar-refractivity contribution in [3.8, 4) is 6.07 Å². The second-order valence-electron chi connectivity index (χ2n) is 6.00. The fraction of sp³-hybridized carbons (Fsp3) is 0.500. The van der Waals surface area contributed by atoms with Crippen molar-refractivity contribution in [3.63, 3.8) is 0 Å². The molecule has 1 aliphatic carbocycles. The Hall–Kier alpha value is -2.35. The molecule has 0 spiro atoms. The Bertz CT molecular complexity index is 601. The molecule has 0 bridgehead atoms. The van der Waals surface area contributed by atoms with Gasteiger partial charge in [0.25, 0.3) is 5.91 Å². The van der Waals surface area contributed by atoms with Gasteiger partial charge < -0.3 is 10.1 Å². The van der Waals surface area contributed by atoms with Crippen molar-refractivity contribution in [1.29, 1.82) is 5.26 Å². The standard InChI is InChI=1S/C18H22N2O3/c1-13(23-17(21)10-9-14-5-2-3-6-14)18(22)20-16-8-4-7-15(11-16)12-19/h4,7-8,11,13-14H,2-3,5-6,9-10H2,1H3,(H,20,22)/t13-/m1/s1. The Kier molecular flexibility index (Phi) is 6.16. The smallest absolute Gasteiger partial charge is 0.306 e. The highest BCUT2D eigenvalue weighted by Gasteiger charge is 2.20. The van der Waals surface area contributed by atoms with Crippen molar-refractivity contribution < 1.29 is 14.3 Å². The molecule has 0 saturated heterocycles. The van der Waals surface area contributed by atoms with Crippen molar-refractivity contribution in [2.75, 3.05) is 5.32 Å². The van der Waals surface area contributed by atoms with Crippen LogP contribution in [0.3, 0.4) is 0 Å². The molecule has 0 heterocycles.